The molecule has 5 nitrogen and oxygen atoms in total. The first-order valence-corrected chi connectivity index (χ1v) is 9.17. The molecule has 0 radical (unpaired) electrons. The third kappa shape index (κ3) is 5.59. The molecule has 0 aromatic heterocycles. The molecule has 0 aromatic carbocycles. The summed E-state index contributed by atoms with van der Waals surface area (Å²) in [6, 6.07) is -0.505. The molecule has 0 unspecified atom stereocenters. The first-order valence-electron chi connectivity index (χ1n) is 9.17. The summed E-state index contributed by atoms with van der Waals surface area (Å²) in [7, 11) is 1.15. The van der Waals surface area contributed by atoms with E-state index in [1.54, 1.807) is 25.7 Å². The topological polar surface area (TPSA) is 49.9 Å². The van der Waals surface area contributed by atoms with Gasteiger partial charge in [0.25, 0.3) is 0 Å². The number of carbonyl (C=O) groups is 2. The first-order chi connectivity index (χ1) is 11.9. The molecular formula is C18H29F3N2O3. The molecule has 8 heteroatoms. The molecule has 1 heterocycles. The highest BCUT2D eigenvalue weighted by atomic mass is 19.4. The van der Waals surface area contributed by atoms with E-state index in [0.29, 0.717) is 17.2 Å². The maximum atomic E-state index is 12.6. The van der Waals surface area contributed by atoms with Crippen LogP contribution in [0.5, 0.6) is 0 Å². The van der Waals surface area contributed by atoms with Crippen molar-refractivity contribution in [2.75, 3.05) is 20.1 Å². The number of hydrogen-bond acceptors (Lipinski definition) is 4. The van der Waals surface area contributed by atoms with E-state index in [-0.39, 0.29) is 12.6 Å². The molecule has 1 saturated heterocycles. The SMILES string of the molecule is CN(CC(F)(F)F)C(=O)CN1[C@H](C(=O)OC(C)(C)C)C[C@@H]2CCCC[C@@H]21. The number of rotatable bonds is 4. The number of alkyl halides is 3. The summed E-state index contributed by atoms with van der Waals surface area (Å²) in [5.41, 5.74) is -0.645. The van der Waals surface area contributed by atoms with Gasteiger partial charge in [0.15, 0.2) is 0 Å². The van der Waals surface area contributed by atoms with Gasteiger partial charge in [-0.2, -0.15) is 13.2 Å². The van der Waals surface area contributed by atoms with Crippen molar-refractivity contribution in [3.8, 4) is 0 Å². The monoisotopic (exact) mass is 378 g/mol. The number of esters is 1. The molecule has 1 amide bonds. The Kier molecular flexibility index (Phi) is 6.25. The van der Waals surface area contributed by atoms with Crippen LogP contribution in [0.15, 0.2) is 0 Å². The Morgan fingerprint density at radius 2 is 1.77 bits per heavy atom. The maximum absolute atomic E-state index is 12.6. The molecule has 0 aromatic rings. The molecule has 2 aliphatic rings. The van der Waals surface area contributed by atoms with Crippen LogP contribution in [0.3, 0.4) is 0 Å². The average molecular weight is 378 g/mol. The van der Waals surface area contributed by atoms with Crippen LogP contribution in [0.25, 0.3) is 0 Å². The van der Waals surface area contributed by atoms with Crippen molar-refractivity contribution in [3.05, 3.63) is 0 Å². The summed E-state index contributed by atoms with van der Waals surface area (Å²) in [5.74, 6) is -0.720. The van der Waals surface area contributed by atoms with Gasteiger partial charge in [-0.15, -0.1) is 0 Å². The number of ether oxygens (including phenoxy) is 1. The Balaban J connectivity index is 2.11. The number of nitrogens with zero attached hydrogens (tertiary/aromatic N) is 2. The lowest BCUT2D eigenvalue weighted by molar-refractivity contribution is -0.164. The van der Waals surface area contributed by atoms with Gasteiger partial charge in [-0.1, -0.05) is 12.8 Å². The number of amides is 1. The van der Waals surface area contributed by atoms with E-state index in [2.05, 4.69) is 0 Å². The van der Waals surface area contributed by atoms with Crippen LogP contribution in [0.1, 0.15) is 52.9 Å². The lowest BCUT2D eigenvalue weighted by Crippen LogP contribution is -2.50. The van der Waals surface area contributed by atoms with Gasteiger partial charge in [0.2, 0.25) is 5.91 Å². The van der Waals surface area contributed by atoms with Crippen molar-refractivity contribution in [2.24, 2.45) is 5.92 Å². The summed E-state index contributed by atoms with van der Waals surface area (Å²) in [6.07, 6.45) is 0.0970. The highest BCUT2D eigenvalue weighted by Gasteiger charge is 2.47. The normalized spacial score (nSPS) is 27.1. The molecule has 26 heavy (non-hydrogen) atoms. The Hall–Kier alpha value is -1.31. The summed E-state index contributed by atoms with van der Waals surface area (Å²) >= 11 is 0. The maximum Gasteiger partial charge on any atom is 0.406 e. The number of likely N-dealkylation sites (tertiary alicyclic amines) is 1. The highest BCUT2D eigenvalue weighted by molar-refractivity contribution is 5.81. The molecule has 1 aliphatic heterocycles. The molecule has 150 valence electrons. The molecule has 2 fully saturated rings. The number of fused-ring (bicyclic) bond motifs is 1. The molecule has 0 spiro atoms. The average Bonchev–Trinajstić information content (AvgIpc) is 2.83. The number of carbonyl (C=O) groups excluding carboxylic acids is 2. The van der Waals surface area contributed by atoms with Crippen LogP contribution in [-0.4, -0.2) is 65.7 Å². The zero-order valence-corrected chi connectivity index (χ0v) is 15.9. The van der Waals surface area contributed by atoms with Gasteiger partial charge < -0.3 is 9.64 Å². The van der Waals surface area contributed by atoms with Crippen molar-refractivity contribution in [1.29, 1.82) is 0 Å². The zero-order chi connectivity index (χ0) is 19.7. The number of likely N-dealkylation sites (N-methyl/N-ethyl adjacent to an activating group) is 1. The van der Waals surface area contributed by atoms with Crippen LogP contribution in [0.4, 0.5) is 13.2 Å². The molecule has 3 atom stereocenters. The summed E-state index contributed by atoms with van der Waals surface area (Å²) in [6.45, 7) is 3.86. The fraction of sp³-hybridized carbons (Fsp3) is 0.889. The summed E-state index contributed by atoms with van der Waals surface area (Å²) in [4.78, 5) is 27.4. The Bertz CT molecular complexity index is 531. The minimum absolute atomic E-state index is 0.0597. The second-order valence-corrected chi connectivity index (χ2v) is 8.43. The van der Waals surface area contributed by atoms with Crippen molar-refractivity contribution in [3.63, 3.8) is 0 Å². The van der Waals surface area contributed by atoms with Gasteiger partial charge in [-0.25, -0.2) is 0 Å². The third-order valence-electron chi connectivity index (χ3n) is 5.06. The van der Waals surface area contributed by atoms with E-state index in [9.17, 15) is 22.8 Å². The van der Waals surface area contributed by atoms with E-state index in [4.69, 9.17) is 4.74 Å². The Morgan fingerprint density at radius 3 is 2.35 bits per heavy atom. The number of halogens is 3. The quantitative estimate of drug-likeness (QED) is 0.706. The second-order valence-electron chi connectivity index (χ2n) is 8.43. The van der Waals surface area contributed by atoms with E-state index < -0.39 is 36.2 Å². The van der Waals surface area contributed by atoms with Gasteiger partial charge in [0, 0.05) is 13.1 Å². The zero-order valence-electron chi connectivity index (χ0n) is 15.9. The lowest BCUT2D eigenvalue weighted by Gasteiger charge is -2.34. The van der Waals surface area contributed by atoms with Crippen molar-refractivity contribution in [2.45, 2.75) is 76.7 Å². The van der Waals surface area contributed by atoms with E-state index in [1.807, 2.05) is 0 Å². The fourth-order valence-electron chi connectivity index (χ4n) is 4.02. The van der Waals surface area contributed by atoms with Crippen molar-refractivity contribution >= 4 is 11.9 Å². The first kappa shape index (κ1) is 21.0. The minimum atomic E-state index is -4.44. The fourth-order valence-corrected chi connectivity index (χ4v) is 4.02. The molecule has 0 N–H and O–H groups in total. The van der Waals surface area contributed by atoms with Gasteiger partial charge in [0.1, 0.15) is 18.2 Å². The van der Waals surface area contributed by atoms with Crippen LogP contribution in [0.2, 0.25) is 0 Å². The summed E-state index contributed by atoms with van der Waals surface area (Å²) in [5, 5.41) is 0. The van der Waals surface area contributed by atoms with Gasteiger partial charge >= 0.3 is 12.1 Å². The van der Waals surface area contributed by atoms with Crippen molar-refractivity contribution < 1.29 is 27.5 Å². The van der Waals surface area contributed by atoms with Crippen molar-refractivity contribution in [1.82, 2.24) is 9.80 Å². The lowest BCUT2D eigenvalue weighted by atomic mass is 9.85. The van der Waals surface area contributed by atoms with E-state index in [0.717, 1.165) is 32.7 Å². The Labute approximate surface area is 152 Å². The van der Waals surface area contributed by atoms with Crippen LogP contribution in [-0.2, 0) is 14.3 Å². The van der Waals surface area contributed by atoms with Crippen LogP contribution >= 0.6 is 0 Å². The third-order valence-corrected chi connectivity index (χ3v) is 5.06. The van der Waals surface area contributed by atoms with E-state index >= 15 is 0 Å². The van der Waals surface area contributed by atoms with Crippen LogP contribution < -0.4 is 0 Å². The highest BCUT2D eigenvalue weighted by Crippen LogP contribution is 2.40. The van der Waals surface area contributed by atoms with Gasteiger partial charge in [0.05, 0.1) is 6.54 Å². The predicted molar refractivity (Wildman–Crippen MR) is 90.4 cm³/mol. The second kappa shape index (κ2) is 7.74. The molecule has 1 saturated carbocycles. The van der Waals surface area contributed by atoms with Gasteiger partial charge in [-0.05, 0) is 46.0 Å². The molecule has 0 bridgehead atoms. The van der Waals surface area contributed by atoms with E-state index in [1.165, 1.54) is 0 Å². The molecule has 1 aliphatic carbocycles. The Morgan fingerprint density at radius 1 is 1.15 bits per heavy atom. The minimum Gasteiger partial charge on any atom is -0.459 e. The van der Waals surface area contributed by atoms with Gasteiger partial charge in [-0.3, -0.25) is 14.5 Å². The molecular weight excluding hydrogens is 349 g/mol. The smallest absolute Gasteiger partial charge is 0.406 e. The van der Waals surface area contributed by atoms with Crippen LogP contribution in [0, 0.1) is 5.92 Å². The standard InChI is InChI=1S/C18H29F3N2O3/c1-17(2,3)26-16(25)14-9-12-7-5-6-8-13(12)23(14)10-15(24)22(4)11-18(19,20)21/h12-14H,5-11H2,1-4H3/t12-,13-,14-/m0/s1. The largest absolute Gasteiger partial charge is 0.459 e. The number of hydrogen-bond donors (Lipinski definition) is 0. The molecule has 2 rings (SSSR count). The predicted octanol–water partition coefficient (Wildman–Crippen LogP) is 2.98. The summed E-state index contributed by atoms with van der Waals surface area (Å²) < 4.78 is 43.2.